The van der Waals surface area contributed by atoms with Gasteiger partial charge in [0.2, 0.25) is 0 Å². The molecule has 1 aliphatic carbocycles. The molecule has 0 amide bonds. The van der Waals surface area contributed by atoms with Crippen LogP contribution in [0.1, 0.15) is 38.2 Å². The van der Waals surface area contributed by atoms with E-state index in [-0.39, 0.29) is 5.82 Å². The van der Waals surface area contributed by atoms with Crippen molar-refractivity contribution in [2.45, 2.75) is 45.2 Å². The molecule has 0 spiro atoms. The minimum absolute atomic E-state index is 0.214. The Hall–Kier alpha value is -0.600. The molecule has 17 heavy (non-hydrogen) atoms. The van der Waals surface area contributed by atoms with Crippen LogP contribution in [-0.2, 0) is 6.54 Å². The first-order chi connectivity index (χ1) is 8.18. The highest BCUT2D eigenvalue weighted by Crippen LogP contribution is 2.25. The van der Waals surface area contributed by atoms with Gasteiger partial charge in [-0.1, -0.05) is 37.4 Å². The van der Waals surface area contributed by atoms with Crippen LogP contribution in [0.3, 0.4) is 0 Å². The molecule has 0 aromatic heterocycles. The van der Waals surface area contributed by atoms with Gasteiger partial charge in [-0.15, -0.1) is 0 Å². The molecule has 0 heterocycles. The zero-order valence-corrected chi connectivity index (χ0v) is 10.9. The third kappa shape index (κ3) is 3.20. The van der Waals surface area contributed by atoms with Crippen LogP contribution in [0.2, 0.25) is 5.02 Å². The quantitative estimate of drug-likeness (QED) is 0.856. The summed E-state index contributed by atoms with van der Waals surface area (Å²) in [6, 6.07) is 5.35. The van der Waals surface area contributed by atoms with Crippen LogP contribution in [0.25, 0.3) is 0 Å². The van der Waals surface area contributed by atoms with Crippen LogP contribution >= 0.6 is 11.6 Å². The Kier molecular flexibility index (Phi) is 4.41. The fourth-order valence-electron chi connectivity index (χ4n) is 2.55. The maximum Gasteiger partial charge on any atom is 0.129 e. The summed E-state index contributed by atoms with van der Waals surface area (Å²) in [4.78, 5) is 0. The van der Waals surface area contributed by atoms with E-state index in [9.17, 15) is 4.39 Å². The van der Waals surface area contributed by atoms with Crippen LogP contribution < -0.4 is 5.32 Å². The third-order valence-electron chi connectivity index (χ3n) is 3.71. The monoisotopic (exact) mass is 255 g/mol. The largest absolute Gasteiger partial charge is 0.309 e. The molecular formula is C14H19ClFN. The van der Waals surface area contributed by atoms with Crippen molar-refractivity contribution in [1.29, 1.82) is 0 Å². The Morgan fingerprint density at radius 1 is 1.35 bits per heavy atom. The summed E-state index contributed by atoms with van der Waals surface area (Å²) in [5.74, 6) is 0.461. The van der Waals surface area contributed by atoms with Crippen LogP contribution in [-0.4, -0.2) is 6.04 Å². The van der Waals surface area contributed by atoms with E-state index in [1.807, 2.05) is 0 Å². The molecule has 2 atom stereocenters. The van der Waals surface area contributed by atoms with Gasteiger partial charge in [0.25, 0.3) is 0 Å². The Bertz CT molecular complexity index is 360. The van der Waals surface area contributed by atoms with Crippen molar-refractivity contribution in [2.75, 3.05) is 0 Å². The van der Waals surface area contributed by atoms with Gasteiger partial charge in [-0.05, 0) is 30.9 Å². The van der Waals surface area contributed by atoms with E-state index in [0.29, 0.717) is 29.1 Å². The number of halogens is 2. The van der Waals surface area contributed by atoms with Gasteiger partial charge in [0.15, 0.2) is 0 Å². The maximum absolute atomic E-state index is 13.6. The van der Waals surface area contributed by atoms with Crippen LogP contribution in [0, 0.1) is 11.7 Å². The molecule has 1 aliphatic rings. The Morgan fingerprint density at radius 2 is 2.12 bits per heavy atom. The van der Waals surface area contributed by atoms with Crippen molar-refractivity contribution in [2.24, 2.45) is 5.92 Å². The average molecular weight is 256 g/mol. The molecule has 1 aromatic carbocycles. The predicted octanol–water partition coefficient (Wildman–Crippen LogP) is 4.15. The summed E-state index contributed by atoms with van der Waals surface area (Å²) in [5, 5.41) is 3.96. The van der Waals surface area contributed by atoms with E-state index in [4.69, 9.17) is 11.6 Å². The summed E-state index contributed by atoms with van der Waals surface area (Å²) in [7, 11) is 0. The lowest BCUT2D eigenvalue weighted by atomic mass is 9.86. The second kappa shape index (κ2) is 5.83. The Labute approximate surface area is 107 Å². The molecule has 0 bridgehead atoms. The molecule has 1 N–H and O–H groups in total. The van der Waals surface area contributed by atoms with Crippen molar-refractivity contribution in [3.05, 3.63) is 34.6 Å². The zero-order valence-electron chi connectivity index (χ0n) is 10.2. The highest BCUT2D eigenvalue weighted by atomic mass is 35.5. The summed E-state index contributed by atoms with van der Waals surface area (Å²) in [6.45, 7) is 2.79. The van der Waals surface area contributed by atoms with Gasteiger partial charge in [-0.25, -0.2) is 4.39 Å². The molecule has 1 fully saturated rings. The van der Waals surface area contributed by atoms with Gasteiger partial charge in [0, 0.05) is 23.2 Å². The van der Waals surface area contributed by atoms with E-state index >= 15 is 0 Å². The number of hydrogen-bond acceptors (Lipinski definition) is 1. The SMILES string of the molecule is CC1CCCCC1NCc1c(F)cccc1Cl. The molecule has 94 valence electrons. The minimum Gasteiger partial charge on any atom is -0.309 e. The lowest BCUT2D eigenvalue weighted by molar-refractivity contribution is 0.278. The molecular weight excluding hydrogens is 237 g/mol. The second-order valence-corrected chi connectivity index (χ2v) is 5.36. The van der Waals surface area contributed by atoms with Gasteiger partial charge in [-0.2, -0.15) is 0 Å². The van der Waals surface area contributed by atoms with Crippen molar-refractivity contribution < 1.29 is 4.39 Å². The lowest BCUT2D eigenvalue weighted by Crippen LogP contribution is -2.36. The van der Waals surface area contributed by atoms with Gasteiger partial charge >= 0.3 is 0 Å². The van der Waals surface area contributed by atoms with E-state index in [1.165, 1.54) is 31.7 Å². The molecule has 0 aliphatic heterocycles. The standard InChI is InChI=1S/C14H19ClFN/c1-10-5-2-3-8-14(10)17-9-11-12(15)6-4-7-13(11)16/h4,6-7,10,14,17H,2-3,5,8-9H2,1H3. The lowest BCUT2D eigenvalue weighted by Gasteiger charge is -2.29. The van der Waals surface area contributed by atoms with Gasteiger partial charge in [0.1, 0.15) is 5.82 Å². The first-order valence-corrected chi connectivity index (χ1v) is 6.72. The van der Waals surface area contributed by atoms with Crippen molar-refractivity contribution in [3.63, 3.8) is 0 Å². The minimum atomic E-state index is -0.214. The molecule has 1 saturated carbocycles. The fraction of sp³-hybridized carbons (Fsp3) is 0.571. The van der Waals surface area contributed by atoms with E-state index in [2.05, 4.69) is 12.2 Å². The highest BCUT2D eigenvalue weighted by molar-refractivity contribution is 6.31. The van der Waals surface area contributed by atoms with Gasteiger partial charge < -0.3 is 5.32 Å². The molecule has 0 radical (unpaired) electrons. The van der Waals surface area contributed by atoms with Crippen LogP contribution in [0.5, 0.6) is 0 Å². The highest BCUT2D eigenvalue weighted by Gasteiger charge is 2.21. The average Bonchev–Trinajstić information content (AvgIpc) is 2.30. The van der Waals surface area contributed by atoms with Crippen LogP contribution in [0.15, 0.2) is 18.2 Å². The van der Waals surface area contributed by atoms with E-state index in [1.54, 1.807) is 12.1 Å². The number of benzene rings is 1. The Morgan fingerprint density at radius 3 is 2.82 bits per heavy atom. The number of rotatable bonds is 3. The molecule has 0 saturated heterocycles. The molecule has 3 heteroatoms. The van der Waals surface area contributed by atoms with Crippen molar-refractivity contribution in [1.82, 2.24) is 5.32 Å². The molecule has 2 rings (SSSR count). The van der Waals surface area contributed by atoms with Crippen LogP contribution in [0.4, 0.5) is 4.39 Å². The number of nitrogens with one attached hydrogen (secondary N) is 1. The van der Waals surface area contributed by atoms with Crippen molar-refractivity contribution in [3.8, 4) is 0 Å². The van der Waals surface area contributed by atoms with E-state index in [0.717, 1.165) is 0 Å². The van der Waals surface area contributed by atoms with Gasteiger partial charge in [0.05, 0.1) is 0 Å². The first kappa shape index (κ1) is 12.8. The summed E-state index contributed by atoms with van der Waals surface area (Å²) < 4.78 is 13.6. The second-order valence-electron chi connectivity index (χ2n) is 4.95. The normalized spacial score (nSPS) is 24.9. The molecule has 2 unspecified atom stereocenters. The first-order valence-electron chi connectivity index (χ1n) is 6.34. The smallest absolute Gasteiger partial charge is 0.129 e. The summed E-state index contributed by atoms with van der Waals surface area (Å²) in [6.07, 6.45) is 5.04. The molecule has 1 aromatic rings. The number of hydrogen-bond donors (Lipinski definition) is 1. The Balaban J connectivity index is 1.97. The predicted molar refractivity (Wildman–Crippen MR) is 69.7 cm³/mol. The van der Waals surface area contributed by atoms with E-state index < -0.39 is 0 Å². The topological polar surface area (TPSA) is 12.0 Å². The molecule has 1 nitrogen and oxygen atoms in total. The maximum atomic E-state index is 13.6. The third-order valence-corrected chi connectivity index (χ3v) is 4.07. The fourth-order valence-corrected chi connectivity index (χ4v) is 2.78. The summed E-state index contributed by atoms with van der Waals surface area (Å²) >= 11 is 6.00. The summed E-state index contributed by atoms with van der Waals surface area (Å²) in [5.41, 5.74) is 0.590. The van der Waals surface area contributed by atoms with Gasteiger partial charge in [-0.3, -0.25) is 0 Å². The zero-order chi connectivity index (χ0) is 12.3. The van der Waals surface area contributed by atoms with Crippen molar-refractivity contribution >= 4 is 11.6 Å².